The predicted octanol–water partition coefficient (Wildman–Crippen LogP) is 3.49. The molecule has 0 bridgehead atoms. The number of aryl methyl sites for hydroxylation is 1. The van der Waals surface area contributed by atoms with Crippen LogP contribution in [0.4, 0.5) is 8.78 Å². The van der Waals surface area contributed by atoms with Crippen molar-refractivity contribution in [1.82, 2.24) is 10.6 Å². The van der Waals surface area contributed by atoms with E-state index in [2.05, 4.69) is 20.4 Å². The SMILES string of the molecule is CN=C(NCc1ccc(S(C)(=O)=O)c(C)c1)NCc1ccc(OC)c(OC(F)F)c1.I. The Morgan fingerprint density at radius 2 is 1.65 bits per heavy atom. The summed E-state index contributed by atoms with van der Waals surface area (Å²) in [5, 5.41) is 6.21. The lowest BCUT2D eigenvalue weighted by atomic mass is 10.1. The lowest BCUT2D eigenvalue weighted by molar-refractivity contribution is -0.0512. The summed E-state index contributed by atoms with van der Waals surface area (Å²) in [5.41, 5.74) is 2.26. The van der Waals surface area contributed by atoms with Gasteiger partial charge in [-0.2, -0.15) is 8.78 Å². The molecule has 0 amide bonds. The van der Waals surface area contributed by atoms with Crippen LogP contribution in [-0.4, -0.2) is 41.4 Å². The van der Waals surface area contributed by atoms with Crippen LogP contribution in [0.15, 0.2) is 46.3 Å². The monoisotopic (exact) mass is 569 g/mol. The summed E-state index contributed by atoms with van der Waals surface area (Å²) in [6, 6.07) is 9.87. The fourth-order valence-electron chi connectivity index (χ4n) is 2.85. The Hall–Kier alpha value is -2.15. The summed E-state index contributed by atoms with van der Waals surface area (Å²) < 4.78 is 58.1. The molecule has 11 heteroatoms. The molecule has 0 radical (unpaired) electrons. The molecule has 2 aromatic rings. The average molecular weight is 569 g/mol. The zero-order chi connectivity index (χ0) is 22.3. The van der Waals surface area contributed by atoms with E-state index in [-0.39, 0.29) is 35.5 Å². The van der Waals surface area contributed by atoms with Gasteiger partial charge in [-0.1, -0.05) is 18.2 Å². The maximum atomic E-state index is 12.6. The van der Waals surface area contributed by atoms with Crippen molar-refractivity contribution in [2.75, 3.05) is 20.4 Å². The number of hydrogen-bond donors (Lipinski definition) is 2. The lowest BCUT2D eigenvalue weighted by Crippen LogP contribution is -2.36. The molecule has 0 aliphatic rings. The van der Waals surface area contributed by atoms with E-state index in [0.717, 1.165) is 5.56 Å². The van der Waals surface area contributed by atoms with Crippen LogP contribution in [0.25, 0.3) is 0 Å². The van der Waals surface area contributed by atoms with Crippen LogP contribution in [0.1, 0.15) is 16.7 Å². The zero-order valence-electron chi connectivity index (χ0n) is 17.6. The van der Waals surface area contributed by atoms with Gasteiger partial charge in [-0.3, -0.25) is 4.99 Å². The van der Waals surface area contributed by atoms with Crippen LogP contribution in [0.2, 0.25) is 0 Å². The number of halogens is 3. The number of guanidine groups is 1. The van der Waals surface area contributed by atoms with Crippen LogP contribution >= 0.6 is 24.0 Å². The molecule has 2 aromatic carbocycles. The summed E-state index contributed by atoms with van der Waals surface area (Å²) in [5.74, 6) is 0.664. The quantitative estimate of drug-likeness (QED) is 0.288. The van der Waals surface area contributed by atoms with Crippen molar-refractivity contribution in [3.63, 3.8) is 0 Å². The van der Waals surface area contributed by atoms with E-state index in [9.17, 15) is 17.2 Å². The number of nitrogens with one attached hydrogen (secondary N) is 2. The standard InChI is InChI=1S/C20H25F2N3O4S.HI/c1-13-9-14(6-8-18(13)30(4,26)27)11-24-20(23-2)25-12-15-5-7-16(28-3)17(10-15)29-19(21)22;/h5-10,19H,11-12H2,1-4H3,(H2,23,24,25);1H. The third kappa shape index (κ3) is 8.13. The Labute approximate surface area is 198 Å². The Bertz CT molecular complexity index is 1020. The lowest BCUT2D eigenvalue weighted by Gasteiger charge is -2.15. The van der Waals surface area contributed by atoms with E-state index in [4.69, 9.17) is 4.74 Å². The first-order valence-electron chi connectivity index (χ1n) is 9.00. The summed E-state index contributed by atoms with van der Waals surface area (Å²) >= 11 is 0. The summed E-state index contributed by atoms with van der Waals surface area (Å²) in [4.78, 5) is 4.43. The van der Waals surface area contributed by atoms with Gasteiger partial charge in [-0.25, -0.2) is 8.42 Å². The second-order valence-electron chi connectivity index (χ2n) is 6.52. The number of methoxy groups -OCH3 is 1. The highest BCUT2D eigenvalue weighted by Gasteiger charge is 2.12. The normalized spacial score (nSPS) is 11.6. The molecule has 0 saturated carbocycles. The number of aliphatic imine (C=N–C) groups is 1. The first-order valence-corrected chi connectivity index (χ1v) is 10.9. The van der Waals surface area contributed by atoms with E-state index >= 15 is 0 Å². The molecule has 172 valence electrons. The number of benzene rings is 2. The number of sulfone groups is 1. The van der Waals surface area contributed by atoms with Crippen molar-refractivity contribution < 1.29 is 26.7 Å². The maximum Gasteiger partial charge on any atom is 0.387 e. The molecule has 0 saturated heterocycles. The zero-order valence-corrected chi connectivity index (χ0v) is 20.8. The van der Waals surface area contributed by atoms with Crippen LogP contribution in [0, 0.1) is 6.92 Å². The second-order valence-corrected chi connectivity index (χ2v) is 8.50. The van der Waals surface area contributed by atoms with Crippen LogP contribution < -0.4 is 20.1 Å². The Morgan fingerprint density at radius 3 is 2.13 bits per heavy atom. The minimum absolute atomic E-state index is 0. The van der Waals surface area contributed by atoms with Crippen molar-refractivity contribution in [2.45, 2.75) is 31.5 Å². The predicted molar refractivity (Wildman–Crippen MR) is 126 cm³/mol. The molecule has 0 aromatic heterocycles. The molecule has 2 N–H and O–H groups in total. The molecule has 0 atom stereocenters. The average Bonchev–Trinajstić information content (AvgIpc) is 2.67. The molecule has 0 fully saturated rings. The Balaban J connectivity index is 0.00000480. The molecule has 0 heterocycles. The van der Waals surface area contributed by atoms with Gasteiger partial charge in [0.1, 0.15) is 0 Å². The smallest absolute Gasteiger partial charge is 0.387 e. The number of ether oxygens (including phenoxy) is 2. The molecule has 31 heavy (non-hydrogen) atoms. The van der Waals surface area contributed by atoms with E-state index in [1.807, 2.05) is 0 Å². The van der Waals surface area contributed by atoms with Gasteiger partial charge in [0.15, 0.2) is 27.3 Å². The van der Waals surface area contributed by atoms with Crippen molar-refractivity contribution in [1.29, 1.82) is 0 Å². The van der Waals surface area contributed by atoms with Gasteiger partial charge in [0, 0.05) is 26.4 Å². The second kappa shape index (κ2) is 12.0. The van der Waals surface area contributed by atoms with Gasteiger partial charge in [-0.15, -0.1) is 24.0 Å². The van der Waals surface area contributed by atoms with Crippen molar-refractivity contribution in [3.8, 4) is 11.5 Å². The van der Waals surface area contributed by atoms with Crippen LogP contribution in [0.5, 0.6) is 11.5 Å². The van der Waals surface area contributed by atoms with Crippen LogP contribution in [-0.2, 0) is 22.9 Å². The van der Waals surface area contributed by atoms with Gasteiger partial charge in [-0.05, 0) is 41.8 Å². The first kappa shape index (κ1) is 26.9. The third-order valence-corrected chi connectivity index (χ3v) is 5.48. The largest absolute Gasteiger partial charge is 0.493 e. The highest BCUT2D eigenvalue weighted by atomic mass is 127. The molecule has 0 unspecified atom stereocenters. The van der Waals surface area contributed by atoms with Crippen molar-refractivity contribution in [3.05, 3.63) is 53.1 Å². The Morgan fingerprint density at radius 1 is 1.06 bits per heavy atom. The number of nitrogens with zero attached hydrogens (tertiary/aromatic N) is 1. The van der Waals surface area contributed by atoms with E-state index in [1.165, 1.54) is 19.4 Å². The highest BCUT2D eigenvalue weighted by Crippen LogP contribution is 2.29. The molecule has 0 spiro atoms. The fraction of sp³-hybridized carbons (Fsp3) is 0.350. The molecular weight excluding hydrogens is 543 g/mol. The van der Waals surface area contributed by atoms with Gasteiger partial charge in [0.25, 0.3) is 0 Å². The highest BCUT2D eigenvalue weighted by molar-refractivity contribution is 14.0. The Kier molecular flexibility index (Phi) is 10.4. The number of rotatable bonds is 8. The van der Waals surface area contributed by atoms with E-state index in [0.29, 0.717) is 35.1 Å². The summed E-state index contributed by atoms with van der Waals surface area (Å²) in [6.45, 7) is -0.466. The number of alkyl halides is 2. The minimum Gasteiger partial charge on any atom is -0.493 e. The molecule has 0 aliphatic heterocycles. The molecule has 2 rings (SSSR count). The topological polar surface area (TPSA) is 89.0 Å². The number of hydrogen-bond acceptors (Lipinski definition) is 5. The van der Waals surface area contributed by atoms with Gasteiger partial charge < -0.3 is 20.1 Å². The van der Waals surface area contributed by atoms with Crippen molar-refractivity contribution >= 4 is 39.8 Å². The van der Waals surface area contributed by atoms with Crippen LogP contribution in [0.3, 0.4) is 0 Å². The summed E-state index contributed by atoms with van der Waals surface area (Å²) in [6.07, 6.45) is 1.18. The molecular formula is C20H26F2IN3O4S. The van der Waals surface area contributed by atoms with E-state index < -0.39 is 16.4 Å². The van der Waals surface area contributed by atoms with Gasteiger partial charge >= 0.3 is 6.61 Å². The van der Waals surface area contributed by atoms with Gasteiger partial charge in [0.05, 0.1) is 12.0 Å². The van der Waals surface area contributed by atoms with Gasteiger partial charge in [0.2, 0.25) is 0 Å². The third-order valence-electron chi connectivity index (χ3n) is 4.23. The van der Waals surface area contributed by atoms with Crippen molar-refractivity contribution in [2.24, 2.45) is 4.99 Å². The molecule has 7 nitrogen and oxygen atoms in total. The molecule has 0 aliphatic carbocycles. The first-order chi connectivity index (χ1) is 14.1. The maximum absolute atomic E-state index is 12.6. The minimum atomic E-state index is -3.26. The summed E-state index contributed by atoms with van der Waals surface area (Å²) in [7, 11) is -0.284. The van der Waals surface area contributed by atoms with E-state index in [1.54, 1.807) is 44.3 Å². The fourth-order valence-corrected chi connectivity index (χ4v) is 3.81.